The number of aromatic nitrogens is 2. The minimum atomic E-state index is -0.697. The summed E-state index contributed by atoms with van der Waals surface area (Å²) in [6, 6.07) is 5.41. The van der Waals surface area contributed by atoms with Crippen LogP contribution in [-0.4, -0.2) is 69.9 Å². The Labute approximate surface area is 148 Å². The van der Waals surface area contributed by atoms with Crippen molar-refractivity contribution in [3.8, 4) is 11.3 Å². The molecule has 2 aliphatic heterocycles. The van der Waals surface area contributed by atoms with Crippen LogP contribution in [0.2, 0.25) is 0 Å². The van der Waals surface area contributed by atoms with Crippen molar-refractivity contribution in [2.75, 3.05) is 26.2 Å². The maximum Gasteiger partial charge on any atom is 0.257 e. The van der Waals surface area contributed by atoms with Gasteiger partial charge in [-0.15, -0.1) is 0 Å². The number of piperazine rings is 2. The number of nitrogens with one attached hydrogen (secondary N) is 2. The molecule has 26 heavy (non-hydrogen) atoms. The summed E-state index contributed by atoms with van der Waals surface area (Å²) >= 11 is 0. The molecule has 0 aliphatic carbocycles. The molecule has 1 aromatic heterocycles. The van der Waals surface area contributed by atoms with E-state index in [0.717, 1.165) is 0 Å². The Morgan fingerprint density at radius 3 is 2.85 bits per heavy atom. The van der Waals surface area contributed by atoms with E-state index in [0.29, 0.717) is 12.2 Å². The minimum Gasteiger partial charge on any atom is -0.345 e. The van der Waals surface area contributed by atoms with Gasteiger partial charge in [-0.05, 0) is 12.1 Å². The molecule has 9 heteroatoms. The Kier molecular flexibility index (Phi) is 3.90. The Morgan fingerprint density at radius 1 is 1.23 bits per heavy atom. The van der Waals surface area contributed by atoms with Crippen LogP contribution < -0.4 is 5.32 Å². The van der Waals surface area contributed by atoms with Crippen LogP contribution in [0.25, 0.3) is 11.3 Å². The second-order valence-electron chi connectivity index (χ2n) is 6.21. The Morgan fingerprint density at radius 2 is 2.04 bits per heavy atom. The minimum absolute atomic E-state index is 0.0115. The van der Waals surface area contributed by atoms with E-state index in [1.165, 1.54) is 22.1 Å². The van der Waals surface area contributed by atoms with Gasteiger partial charge in [0.2, 0.25) is 11.8 Å². The van der Waals surface area contributed by atoms with Crippen LogP contribution in [0.3, 0.4) is 0 Å². The van der Waals surface area contributed by atoms with Gasteiger partial charge < -0.3 is 15.1 Å². The first-order valence-corrected chi connectivity index (χ1v) is 8.21. The van der Waals surface area contributed by atoms with Crippen molar-refractivity contribution in [2.24, 2.45) is 0 Å². The van der Waals surface area contributed by atoms with Crippen LogP contribution in [-0.2, 0) is 9.59 Å². The predicted octanol–water partition coefficient (Wildman–Crippen LogP) is -0.00140. The number of H-pyrrole nitrogens is 1. The Bertz CT molecular complexity index is 896. The fraction of sp³-hybridized carbons (Fsp3) is 0.294. The fourth-order valence-electron chi connectivity index (χ4n) is 3.36. The maximum absolute atomic E-state index is 14.1. The van der Waals surface area contributed by atoms with Gasteiger partial charge in [-0.25, -0.2) is 4.39 Å². The van der Waals surface area contributed by atoms with Crippen LogP contribution in [0.4, 0.5) is 4.39 Å². The first-order valence-electron chi connectivity index (χ1n) is 8.21. The van der Waals surface area contributed by atoms with Gasteiger partial charge in [0.15, 0.2) is 0 Å². The number of carbonyl (C=O) groups excluding carboxylic acids is 3. The first-order chi connectivity index (χ1) is 12.6. The summed E-state index contributed by atoms with van der Waals surface area (Å²) in [5.41, 5.74) is 0.767. The lowest BCUT2D eigenvalue weighted by atomic mass is 10.0. The van der Waals surface area contributed by atoms with Gasteiger partial charge in [0.25, 0.3) is 5.91 Å². The molecule has 1 aromatic carbocycles. The number of hydrogen-bond acceptors (Lipinski definition) is 4. The lowest BCUT2D eigenvalue weighted by Gasteiger charge is -2.42. The number of hydrogen-bond donors (Lipinski definition) is 2. The third kappa shape index (κ3) is 2.61. The molecule has 2 fully saturated rings. The van der Waals surface area contributed by atoms with E-state index in [9.17, 15) is 18.8 Å². The summed E-state index contributed by atoms with van der Waals surface area (Å²) in [6.45, 7) is 0.673. The average Bonchev–Trinajstić information content (AvgIpc) is 3.14. The van der Waals surface area contributed by atoms with E-state index in [4.69, 9.17) is 0 Å². The molecule has 2 N–H and O–H groups in total. The summed E-state index contributed by atoms with van der Waals surface area (Å²) in [6.07, 6.45) is 1.35. The number of rotatable bonds is 2. The van der Waals surface area contributed by atoms with Gasteiger partial charge in [-0.2, -0.15) is 5.10 Å². The second kappa shape index (κ2) is 6.25. The Hall–Kier alpha value is -3.23. The van der Waals surface area contributed by atoms with E-state index >= 15 is 0 Å². The normalized spacial score (nSPS) is 20.0. The molecule has 0 radical (unpaired) electrons. The van der Waals surface area contributed by atoms with Crippen molar-refractivity contribution in [1.29, 1.82) is 0 Å². The number of amides is 3. The number of benzene rings is 1. The summed E-state index contributed by atoms with van der Waals surface area (Å²) in [5, 5.41) is 9.09. The zero-order valence-electron chi connectivity index (χ0n) is 13.7. The molecule has 0 saturated carbocycles. The maximum atomic E-state index is 14.1. The van der Waals surface area contributed by atoms with Crippen LogP contribution in [0, 0.1) is 5.82 Å². The van der Waals surface area contributed by atoms with E-state index in [1.807, 2.05) is 0 Å². The standard InChI is InChI=1S/C17H16FN5O3/c18-12-4-2-1-3-10(12)15-11(7-20-21-15)17(26)22-5-6-23-13(9-22)16(25)19-8-14(23)24/h1-4,7,13H,5-6,8-9H2,(H,19,25)(H,20,21). The third-order valence-corrected chi connectivity index (χ3v) is 4.72. The highest BCUT2D eigenvalue weighted by atomic mass is 19.1. The molecule has 2 aliphatic rings. The van der Waals surface area contributed by atoms with E-state index in [-0.39, 0.29) is 48.5 Å². The topological polar surface area (TPSA) is 98.4 Å². The summed E-state index contributed by atoms with van der Waals surface area (Å²) < 4.78 is 14.1. The van der Waals surface area contributed by atoms with E-state index < -0.39 is 11.9 Å². The van der Waals surface area contributed by atoms with Crippen molar-refractivity contribution in [3.05, 3.63) is 41.8 Å². The quantitative estimate of drug-likeness (QED) is 0.790. The first kappa shape index (κ1) is 16.2. The number of aromatic amines is 1. The van der Waals surface area contributed by atoms with Crippen molar-refractivity contribution in [3.63, 3.8) is 0 Å². The molecule has 4 rings (SSSR count). The number of nitrogens with zero attached hydrogens (tertiary/aromatic N) is 3. The molecule has 0 spiro atoms. The molecule has 0 bridgehead atoms. The lowest BCUT2D eigenvalue weighted by Crippen LogP contribution is -2.66. The highest BCUT2D eigenvalue weighted by Gasteiger charge is 2.40. The van der Waals surface area contributed by atoms with Gasteiger partial charge in [0.05, 0.1) is 30.5 Å². The van der Waals surface area contributed by atoms with Gasteiger partial charge in [0.1, 0.15) is 11.9 Å². The van der Waals surface area contributed by atoms with Crippen molar-refractivity contribution < 1.29 is 18.8 Å². The van der Waals surface area contributed by atoms with Crippen LogP contribution in [0.15, 0.2) is 30.5 Å². The summed E-state index contributed by atoms with van der Waals surface area (Å²) in [5.74, 6) is -1.25. The van der Waals surface area contributed by atoms with Gasteiger partial charge in [-0.1, -0.05) is 12.1 Å². The number of halogens is 1. The highest BCUT2D eigenvalue weighted by Crippen LogP contribution is 2.26. The molecular formula is C17H16FN5O3. The van der Waals surface area contributed by atoms with Crippen molar-refractivity contribution >= 4 is 17.7 Å². The van der Waals surface area contributed by atoms with Gasteiger partial charge in [-0.3, -0.25) is 19.5 Å². The molecular weight excluding hydrogens is 341 g/mol. The molecule has 3 heterocycles. The number of fused-ring (bicyclic) bond motifs is 1. The molecule has 3 amide bonds. The summed E-state index contributed by atoms with van der Waals surface area (Å²) in [4.78, 5) is 39.9. The molecule has 1 unspecified atom stereocenters. The smallest absolute Gasteiger partial charge is 0.257 e. The molecule has 8 nitrogen and oxygen atoms in total. The fourth-order valence-corrected chi connectivity index (χ4v) is 3.36. The zero-order valence-corrected chi connectivity index (χ0v) is 13.7. The molecule has 134 valence electrons. The second-order valence-corrected chi connectivity index (χ2v) is 6.21. The van der Waals surface area contributed by atoms with Crippen molar-refractivity contribution in [1.82, 2.24) is 25.3 Å². The SMILES string of the molecule is O=C1NCC(=O)N2CCN(C(=O)c3cn[nH]c3-c3ccccc3F)CC12. The van der Waals surface area contributed by atoms with Crippen LogP contribution in [0.1, 0.15) is 10.4 Å². The van der Waals surface area contributed by atoms with E-state index in [1.54, 1.807) is 18.2 Å². The molecule has 2 saturated heterocycles. The Balaban J connectivity index is 1.60. The summed E-state index contributed by atoms with van der Waals surface area (Å²) in [7, 11) is 0. The van der Waals surface area contributed by atoms with Gasteiger partial charge in [0, 0.05) is 18.7 Å². The number of carbonyl (C=O) groups is 3. The molecule has 1 atom stereocenters. The largest absolute Gasteiger partial charge is 0.345 e. The zero-order chi connectivity index (χ0) is 18.3. The lowest BCUT2D eigenvalue weighted by molar-refractivity contribution is -0.148. The predicted molar refractivity (Wildman–Crippen MR) is 88.4 cm³/mol. The molecule has 2 aromatic rings. The third-order valence-electron chi connectivity index (χ3n) is 4.72. The van der Waals surface area contributed by atoms with Crippen LogP contribution in [0.5, 0.6) is 0 Å². The highest BCUT2D eigenvalue weighted by molar-refractivity contribution is 6.01. The van der Waals surface area contributed by atoms with Crippen molar-refractivity contribution in [2.45, 2.75) is 6.04 Å². The van der Waals surface area contributed by atoms with Gasteiger partial charge >= 0.3 is 0 Å². The monoisotopic (exact) mass is 357 g/mol. The average molecular weight is 357 g/mol. The van der Waals surface area contributed by atoms with E-state index in [2.05, 4.69) is 15.5 Å². The van der Waals surface area contributed by atoms with Crippen LogP contribution >= 0.6 is 0 Å².